The number of rotatable bonds is 1. The van der Waals surface area contributed by atoms with Crippen molar-refractivity contribution < 1.29 is 4.79 Å². The zero-order valence-corrected chi connectivity index (χ0v) is 12.2. The van der Waals surface area contributed by atoms with Crippen molar-refractivity contribution in [3.05, 3.63) is 23.8 Å². The number of nitrogens with one attached hydrogen (secondary N) is 2. The summed E-state index contributed by atoms with van der Waals surface area (Å²) >= 11 is 0. The van der Waals surface area contributed by atoms with Gasteiger partial charge in [-0.2, -0.15) is 0 Å². The van der Waals surface area contributed by atoms with Gasteiger partial charge in [-0.05, 0) is 57.4 Å². The topological polar surface area (TPSA) is 44.4 Å². The van der Waals surface area contributed by atoms with Crippen molar-refractivity contribution >= 4 is 17.4 Å². The predicted molar refractivity (Wildman–Crippen MR) is 79.9 cm³/mol. The van der Waals surface area contributed by atoms with Gasteiger partial charge >= 0.3 is 6.03 Å². The maximum Gasteiger partial charge on any atom is 0.319 e. The van der Waals surface area contributed by atoms with Crippen molar-refractivity contribution in [3.63, 3.8) is 0 Å². The molecule has 2 amide bonds. The summed E-state index contributed by atoms with van der Waals surface area (Å²) < 4.78 is 0. The smallest absolute Gasteiger partial charge is 0.319 e. The molecule has 104 valence electrons. The normalized spacial score (nSPS) is 14.8. The molecule has 1 aromatic rings. The number of carbonyl (C=O) groups excluding carboxylic acids is 1. The van der Waals surface area contributed by atoms with Gasteiger partial charge in [-0.15, -0.1) is 0 Å². The lowest BCUT2D eigenvalue weighted by atomic mass is 10.0. The number of nitrogens with zero attached hydrogens (tertiary/aromatic N) is 1. The lowest BCUT2D eigenvalue weighted by Gasteiger charge is -2.28. The summed E-state index contributed by atoms with van der Waals surface area (Å²) in [5.41, 5.74) is 3.21. The van der Waals surface area contributed by atoms with E-state index in [1.807, 2.05) is 26.8 Å². The van der Waals surface area contributed by atoms with Crippen molar-refractivity contribution in [3.8, 4) is 0 Å². The van der Waals surface area contributed by atoms with Crippen LogP contribution >= 0.6 is 0 Å². The van der Waals surface area contributed by atoms with Gasteiger partial charge in [0, 0.05) is 30.5 Å². The number of hydrogen-bond donors (Lipinski definition) is 2. The number of urea groups is 1. The lowest BCUT2D eigenvalue weighted by molar-refractivity contribution is 0.244. The third-order valence-electron chi connectivity index (χ3n) is 3.18. The highest BCUT2D eigenvalue weighted by Gasteiger charge is 2.16. The van der Waals surface area contributed by atoms with E-state index in [9.17, 15) is 4.79 Å². The van der Waals surface area contributed by atoms with E-state index in [0.717, 1.165) is 18.7 Å². The second-order valence-corrected chi connectivity index (χ2v) is 6.20. The van der Waals surface area contributed by atoms with Crippen LogP contribution in [0.2, 0.25) is 0 Å². The van der Waals surface area contributed by atoms with E-state index in [0.29, 0.717) is 0 Å². The molecule has 1 heterocycles. The van der Waals surface area contributed by atoms with Gasteiger partial charge < -0.3 is 15.5 Å². The molecule has 0 unspecified atom stereocenters. The Balaban J connectivity index is 2.08. The second kappa shape index (κ2) is 5.11. The number of aryl methyl sites for hydroxylation is 1. The Morgan fingerprint density at radius 1 is 1.32 bits per heavy atom. The summed E-state index contributed by atoms with van der Waals surface area (Å²) in [5.74, 6) is 0. The Labute approximate surface area is 115 Å². The van der Waals surface area contributed by atoms with Gasteiger partial charge in [-0.1, -0.05) is 0 Å². The predicted octanol–water partition coefficient (Wildman–Crippen LogP) is 2.99. The Morgan fingerprint density at radius 3 is 2.74 bits per heavy atom. The van der Waals surface area contributed by atoms with E-state index in [-0.39, 0.29) is 11.6 Å². The van der Waals surface area contributed by atoms with Gasteiger partial charge in [-0.3, -0.25) is 0 Å². The summed E-state index contributed by atoms with van der Waals surface area (Å²) in [7, 11) is 2.11. The molecule has 1 aliphatic rings. The molecule has 0 aromatic heterocycles. The number of benzene rings is 1. The summed E-state index contributed by atoms with van der Waals surface area (Å²) in [6.07, 6.45) is 2.25. The SMILES string of the molecule is CN1CCCc2cc(NC(=O)NC(C)(C)C)ccc21. The van der Waals surface area contributed by atoms with E-state index in [1.54, 1.807) is 0 Å². The molecule has 0 atom stereocenters. The van der Waals surface area contributed by atoms with Gasteiger partial charge in [0.05, 0.1) is 0 Å². The van der Waals surface area contributed by atoms with Crippen LogP contribution in [0.25, 0.3) is 0 Å². The van der Waals surface area contributed by atoms with Crippen molar-refractivity contribution in [1.29, 1.82) is 0 Å². The minimum Gasteiger partial charge on any atom is -0.374 e. The standard InChI is InChI=1S/C15H23N3O/c1-15(2,3)17-14(19)16-12-7-8-13-11(10-12)6-5-9-18(13)4/h7-8,10H,5-6,9H2,1-4H3,(H2,16,17,19). The highest BCUT2D eigenvalue weighted by atomic mass is 16.2. The summed E-state index contributed by atoms with van der Waals surface area (Å²) in [6.45, 7) is 7.00. The fourth-order valence-electron chi connectivity index (χ4n) is 2.37. The summed E-state index contributed by atoms with van der Waals surface area (Å²) in [5, 5.41) is 5.79. The first-order chi connectivity index (χ1) is 8.85. The first-order valence-electron chi connectivity index (χ1n) is 6.78. The Bertz CT molecular complexity index is 477. The van der Waals surface area contributed by atoms with Crippen molar-refractivity contribution in [2.24, 2.45) is 0 Å². The molecule has 1 aromatic carbocycles. The van der Waals surface area contributed by atoms with Crippen LogP contribution in [0, 0.1) is 0 Å². The Hall–Kier alpha value is -1.71. The molecular formula is C15H23N3O. The number of fused-ring (bicyclic) bond motifs is 1. The van der Waals surface area contributed by atoms with Crippen LogP contribution in [-0.4, -0.2) is 25.2 Å². The van der Waals surface area contributed by atoms with Crippen LogP contribution in [0.15, 0.2) is 18.2 Å². The number of amides is 2. The quantitative estimate of drug-likeness (QED) is 0.816. The molecule has 0 aliphatic carbocycles. The highest BCUT2D eigenvalue weighted by molar-refractivity contribution is 5.90. The molecule has 2 N–H and O–H groups in total. The van der Waals surface area contributed by atoms with Gasteiger partial charge in [0.2, 0.25) is 0 Å². The summed E-state index contributed by atoms with van der Waals surface area (Å²) in [4.78, 5) is 14.1. The van der Waals surface area contributed by atoms with Crippen LogP contribution < -0.4 is 15.5 Å². The fourth-order valence-corrected chi connectivity index (χ4v) is 2.37. The third kappa shape index (κ3) is 3.63. The molecule has 0 radical (unpaired) electrons. The minimum absolute atomic E-state index is 0.156. The molecule has 0 saturated carbocycles. The van der Waals surface area contributed by atoms with Crippen molar-refractivity contribution in [2.75, 3.05) is 23.8 Å². The lowest BCUT2D eigenvalue weighted by Crippen LogP contribution is -2.43. The first-order valence-corrected chi connectivity index (χ1v) is 6.78. The van der Waals surface area contributed by atoms with E-state index < -0.39 is 0 Å². The number of hydrogen-bond acceptors (Lipinski definition) is 2. The van der Waals surface area contributed by atoms with Gasteiger partial charge in [-0.25, -0.2) is 4.79 Å². The summed E-state index contributed by atoms with van der Waals surface area (Å²) in [6, 6.07) is 5.97. The molecule has 2 rings (SSSR count). The van der Waals surface area contributed by atoms with Crippen molar-refractivity contribution in [1.82, 2.24) is 5.32 Å². The number of anilines is 2. The van der Waals surface area contributed by atoms with E-state index in [2.05, 4.69) is 34.7 Å². The van der Waals surface area contributed by atoms with Crippen LogP contribution in [-0.2, 0) is 6.42 Å². The Morgan fingerprint density at radius 2 is 2.05 bits per heavy atom. The van der Waals surface area contributed by atoms with Gasteiger partial charge in [0.1, 0.15) is 0 Å². The number of carbonyl (C=O) groups is 1. The van der Waals surface area contributed by atoms with Gasteiger partial charge in [0.25, 0.3) is 0 Å². The first kappa shape index (κ1) is 13.7. The molecule has 0 saturated heterocycles. The maximum atomic E-state index is 11.8. The Kier molecular flexibility index (Phi) is 3.69. The molecule has 4 heteroatoms. The molecular weight excluding hydrogens is 238 g/mol. The monoisotopic (exact) mass is 261 g/mol. The largest absolute Gasteiger partial charge is 0.374 e. The fraction of sp³-hybridized carbons (Fsp3) is 0.533. The molecule has 0 spiro atoms. The molecule has 19 heavy (non-hydrogen) atoms. The maximum absolute atomic E-state index is 11.8. The van der Waals surface area contributed by atoms with Gasteiger partial charge in [0.15, 0.2) is 0 Å². The van der Waals surface area contributed by atoms with Crippen LogP contribution in [0.3, 0.4) is 0 Å². The van der Waals surface area contributed by atoms with Crippen molar-refractivity contribution in [2.45, 2.75) is 39.2 Å². The van der Waals surface area contributed by atoms with E-state index in [4.69, 9.17) is 0 Å². The van der Waals surface area contributed by atoms with Crippen LogP contribution in [0.5, 0.6) is 0 Å². The van der Waals surface area contributed by atoms with Crippen LogP contribution in [0.4, 0.5) is 16.2 Å². The van der Waals surface area contributed by atoms with E-state index in [1.165, 1.54) is 17.7 Å². The molecule has 1 aliphatic heterocycles. The molecule has 0 fully saturated rings. The average molecular weight is 261 g/mol. The van der Waals surface area contributed by atoms with E-state index >= 15 is 0 Å². The zero-order chi connectivity index (χ0) is 14.0. The zero-order valence-electron chi connectivity index (χ0n) is 12.2. The minimum atomic E-state index is -0.224. The van der Waals surface area contributed by atoms with Crippen LogP contribution in [0.1, 0.15) is 32.8 Å². The third-order valence-corrected chi connectivity index (χ3v) is 3.18. The average Bonchev–Trinajstić information content (AvgIpc) is 2.26. The second-order valence-electron chi connectivity index (χ2n) is 6.20. The highest BCUT2D eigenvalue weighted by Crippen LogP contribution is 2.28. The molecule has 4 nitrogen and oxygen atoms in total. The molecule has 0 bridgehead atoms.